The lowest BCUT2D eigenvalue weighted by molar-refractivity contribution is -0.130. The number of carbonyl (C=O) groups excluding carboxylic acids is 3. The van der Waals surface area contributed by atoms with Crippen molar-refractivity contribution in [3.05, 3.63) is 89.7 Å². The number of carbonyl (C=O) groups is 3. The topological polar surface area (TPSA) is 137 Å². The number of rotatable bonds is 10. The van der Waals surface area contributed by atoms with E-state index in [1.54, 1.807) is 66.5 Å². The van der Waals surface area contributed by atoms with Crippen molar-refractivity contribution in [1.29, 1.82) is 0 Å². The van der Waals surface area contributed by atoms with Crippen LogP contribution in [-0.4, -0.2) is 54.0 Å². The summed E-state index contributed by atoms with van der Waals surface area (Å²) in [6.07, 6.45) is 0. The Balaban J connectivity index is 1.55. The molecule has 9 nitrogen and oxygen atoms in total. The molecule has 6 N–H and O–H groups in total. The second kappa shape index (κ2) is 12.5. The first-order valence-electron chi connectivity index (χ1n) is 11.2. The molecule has 0 unspecified atom stereocenters. The van der Waals surface area contributed by atoms with Crippen molar-refractivity contribution in [1.82, 2.24) is 15.7 Å². The van der Waals surface area contributed by atoms with Gasteiger partial charge in [0.25, 0.3) is 11.8 Å². The number of hydrogen-bond acceptors (Lipinski definition) is 6. The van der Waals surface area contributed by atoms with Crippen molar-refractivity contribution in [2.24, 2.45) is 5.73 Å². The number of likely N-dealkylation sites (N-methyl/N-ethyl adjacent to an activating group) is 1. The molecule has 0 saturated heterocycles. The molecule has 3 amide bonds. The fraction of sp³-hybridized carbons (Fsp3) is 0.192. The highest BCUT2D eigenvalue weighted by Crippen LogP contribution is 2.22. The van der Waals surface area contributed by atoms with Crippen LogP contribution < -0.4 is 21.8 Å². The molecule has 36 heavy (non-hydrogen) atoms. The Bertz CT molecular complexity index is 1200. The van der Waals surface area contributed by atoms with Crippen LogP contribution in [0.2, 0.25) is 0 Å². The zero-order valence-electron chi connectivity index (χ0n) is 19.7. The van der Waals surface area contributed by atoms with Crippen molar-refractivity contribution in [2.45, 2.75) is 12.6 Å². The molecule has 0 aliphatic rings. The molecule has 0 fully saturated rings. The van der Waals surface area contributed by atoms with Gasteiger partial charge in [-0.3, -0.25) is 24.5 Å². The molecular weight excluding hydrogens is 465 g/mol. The van der Waals surface area contributed by atoms with E-state index in [2.05, 4.69) is 10.6 Å². The lowest BCUT2D eigenvalue weighted by Crippen LogP contribution is -2.50. The van der Waals surface area contributed by atoms with E-state index in [0.717, 1.165) is 11.1 Å². The molecule has 188 valence electrons. The van der Waals surface area contributed by atoms with Crippen LogP contribution in [0, 0.1) is 5.82 Å². The van der Waals surface area contributed by atoms with E-state index < -0.39 is 17.9 Å². The number of amides is 3. The third-order valence-corrected chi connectivity index (χ3v) is 5.43. The second-order valence-corrected chi connectivity index (χ2v) is 8.20. The van der Waals surface area contributed by atoms with Crippen molar-refractivity contribution in [2.75, 3.05) is 25.5 Å². The summed E-state index contributed by atoms with van der Waals surface area (Å²) < 4.78 is 13.8. The Morgan fingerprint density at radius 3 is 2.17 bits per heavy atom. The molecule has 0 saturated carbocycles. The summed E-state index contributed by atoms with van der Waals surface area (Å²) in [4.78, 5) is 37.9. The summed E-state index contributed by atoms with van der Waals surface area (Å²) in [6, 6.07) is 19.3. The third-order valence-electron chi connectivity index (χ3n) is 5.43. The Morgan fingerprint density at radius 1 is 0.972 bits per heavy atom. The maximum atomic E-state index is 13.8. The van der Waals surface area contributed by atoms with Gasteiger partial charge in [-0.15, -0.1) is 0 Å². The highest BCUT2D eigenvalue weighted by Gasteiger charge is 2.19. The number of hydrogen-bond donors (Lipinski definition) is 5. The number of anilines is 1. The lowest BCUT2D eigenvalue weighted by atomic mass is 10.0. The first-order valence-corrected chi connectivity index (χ1v) is 11.2. The maximum Gasteiger partial charge on any atom is 0.267 e. The van der Waals surface area contributed by atoms with Gasteiger partial charge in [-0.2, -0.15) is 0 Å². The van der Waals surface area contributed by atoms with Gasteiger partial charge >= 0.3 is 0 Å². The van der Waals surface area contributed by atoms with E-state index in [1.165, 1.54) is 11.5 Å². The Labute approximate surface area is 208 Å². The van der Waals surface area contributed by atoms with Gasteiger partial charge in [0.15, 0.2) is 0 Å². The van der Waals surface area contributed by atoms with Crippen LogP contribution in [0.15, 0.2) is 72.8 Å². The van der Waals surface area contributed by atoms with Gasteiger partial charge in [0.1, 0.15) is 11.9 Å². The van der Waals surface area contributed by atoms with Gasteiger partial charge in [0, 0.05) is 29.9 Å². The highest BCUT2D eigenvalue weighted by molar-refractivity contribution is 5.98. The van der Waals surface area contributed by atoms with Crippen LogP contribution in [0.1, 0.15) is 15.9 Å². The Kier molecular flexibility index (Phi) is 9.23. The quantitative estimate of drug-likeness (QED) is 0.217. The normalized spacial score (nSPS) is 11.6. The number of benzene rings is 3. The molecule has 0 bridgehead atoms. The van der Waals surface area contributed by atoms with Gasteiger partial charge in [-0.1, -0.05) is 42.5 Å². The largest absolute Gasteiger partial charge is 0.339 e. The third kappa shape index (κ3) is 7.19. The minimum atomic E-state index is -1.05. The van der Waals surface area contributed by atoms with Gasteiger partial charge in [-0.25, -0.2) is 9.87 Å². The molecule has 0 spiro atoms. The molecule has 0 aliphatic heterocycles. The van der Waals surface area contributed by atoms with Gasteiger partial charge in [0.2, 0.25) is 5.91 Å². The van der Waals surface area contributed by atoms with E-state index in [0.29, 0.717) is 23.4 Å². The van der Waals surface area contributed by atoms with Gasteiger partial charge in [0.05, 0.1) is 6.54 Å². The summed E-state index contributed by atoms with van der Waals surface area (Å²) in [5.74, 6) is -1.82. The Morgan fingerprint density at radius 2 is 1.58 bits per heavy atom. The van der Waals surface area contributed by atoms with Gasteiger partial charge in [-0.05, 0) is 48.5 Å². The lowest BCUT2D eigenvalue weighted by Gasteiger charge is -2.17. The fourth-order valence-electron chi connectivity index (χ4n) is 3.53. The van der Waals surface area contributed by atoms with E-state index in [-0.39, 0.29) is 24.8 Å². The van der Waals surface area contributed by atoms with Crippen LogP contribution in [0.3, 0.4) is 0 Å². The molecule has 3 aromatic rings. The summed E-state index contributed by atoms with van der Waals surface area (Å²) in [7, 11) is 1.75. The smallest absolute Gasteiger partial charge is 0.267 e. The second-order valence-electron chi connectivity index (χ2n) is 8.20. The molecule has 10 heteroatoms. The van der Waals surface area contributed by atoms with Crippen LogP contribution >= 0.6 is 0 Å². The minimum Gasteiger partial charge on any atom is -0.339 e. The van der Waals surface area contributed by atoms with Crippen molar-refractivity contribution < 1.29 is 24.0 Å². The molecule has 1 atom stereocenters. The van der Waals surface area contributed by atoms with Crippen LogP contribution in [0.25, 0.3) is 11.1 Å². The SMILES string of the molecule is CN(CC(=O)Nc1ccc(-c2ccc(C(=O)N[C@@H](CN)C(=O)NO)cc2)cc1)Cc1ccccc1F. The van der Waals surface area contributed by atoms with Crippen LogP contribution in [-0.2, 0) is 16.1 Å². The molecular formula is C26H28FN5O4. The predicted octanol–water partition coefficient (Wildman–Crippen LogP) is 2.13. The van der Waals surface area contributed by atoms with Crippen molar-refractivity contribution >= 4 is 23.4 Å². The number of nitrogens with one attached hydrogen (secondary N) is 3. The monoisotopic (exact) mass is 493 g/mol. The fourth-order valence-corrected chi connectivity index (χ4v) is 3.53. The van der Waals surface area contributed by atoms with E-state index >= 15 is 0 Å². The summed E-state index contributed by atoms with van der Waals surface area (Å²) in [5, 5.41) is 14.0. The first kappa shape index (κ1) is 26.5. The van der Waals surface area contributed by atoms with Crippen molar-refractivity contribution in [3.8, 4) is 11.1 Å². The number of hydroxylamine groups is 1. The number of halogens is 1. The number of nitrogens with zero attached hydrogens (tertiary/aromatic N) is 1. The van der Waals surface area contributed by atoms with E-state index in [9.17, 15) is 18.8 Å². The predicted molar refractivity (Wildman–Crippen MR) is 133 cm³/mol. The molecule has 0 aromatic heterocycles. The summed E-state index contributed by atoms with van der Waals surface area (Å²) >= 11 is 0. The summed E-state index contributed by atoms with van der Waals surface area (Å²) in [6.45, 7) is 0.250. The van der Waals surface area contributed by atoms with E-state index in [4.69, 9.17) is 10.9 Å². The highest BCUT2D eigenvalue weighted by atomic mass is 19.1. The van der Waals surface area contributed by atoms with E-state index in [1.807, 2.05) is 12.1 Å². The minimum absolute atomic E-state index is 0.102. The molecule has 3 rings (SSSR count). The zero-order chi connectivity index (χ0) is 26.1. The standard InChI is InChI=1S/C26H28FN5O4/c1-32(15-20-4-2-3-5-22(20)27)16-24(33)29-21-12-10-18(11-13-21)17-6-8-19(9-7-17)25(34)30-23(14-28)26(35)31-36/h2-13,23,36H,14-16,28H2,1H3,(H,29,33)(H,30,34)(H,31,35)/t23-/m0/s1. The summed E-state index contributed by atoms with van der Waals surface area (Å²) in [5.41, 5.74) is 10.1. The van der Waals surface area contributed by atoms with Crippen LogP contribution in [0.4, 0.5) is 10.1 Å². The van der Waals surface area contributed by atoms with Crippen LogP contribution in [0.5, 0.6) is 0 Å². The average molecular weight is 494 g/mol. The average Bonchev–Trinajstić information content (AvgIpc) is 2.88. The molecule has 0 heterocycles. The zero-order valence-corrected chi connectivity index (χ0v) is 19.7. The molecule has 0 radical (unpaired) electrons. The van der Waals surface area contributed by atoms with Gasteiger partial charge < -0.3 is 16.4 Å². The first-order chi connectivity index (χ1) is 17.3. The van der Waals surface area contributed by atoms with Crippen molar-refractivity contribution in [3.63, 3.8) is 0 Å². The Hall–Kier alpha value is -4.12. The number of nitrogens with two attached hydrogens (primary N) is 1. The maximum absolute atomic E-state index is 13.8. The molecule has 3 aromatic carbocycles. The molecule has 0 aliphatic carbocycles.